The molecular formula is C13H16ClN3O4. The second-order valence-electron chi connectivity index (χ2n) is 4.38. The van der Waals surface area contributed by atoms with Crippen LogP contribution in [0.1, 0.15) is 24.2 Å². The van der Waals surface area contributed by atoms with E-state index in [0.717, 1.165) is 0 Å². The first kappa shape index (κ1) is 16.8. The summed E-state index contributed by atoms with van der Waals surface area (Å²) in [5, 5.41) is 2.73. The first-order valence-corrected chi connectivity index (χ1v) is 6.47. The van der Waals surface area contributed by atoms with Crippen molar-refractivity contribution in [3.63, 3.8) is 0 Å². The minimum atomic E-state index is -0.974. The first-order chi connectivity index (χ1) is 9.85. The van der Waals surface area contributed by atoms with E-state index in [0.29, 0.717) is 5.02 Å². The van der Waals surface area contributed by atoms with Crippen LogP contribution < -0.4 is 20.9 Å². The number of ether oxygens (including phenoxy) is 1. The number of benzene rings is 1. The number of rotatable bonds is 3. The van der Waals surface area contributed by atoms with Crippen molar-refractivity contribution in [2.75, 3.05) is 7.11 Å². The van der Waals surface area contributed by atoms with Gasteiger partial charge in [-0.25, -0.2) is 0 Å². The van der Waals surface area contributed by atoms with Crippen LogP contribution in [0.15, 0.2) is 18.2 Å². The molecule has 8 heteroatoms. The molecule has 0 radical (unpaired) electrons. The lowest BCUT2D eigenvalue weighted by Crippen LogP contribution is -2.49. The third-order valence-corrected chi connectivity index (χ3v) is 2.56. The van der Waals surface area contributed by atoms with Crippen LogP contribution in [0.3, 0.4) is 0 Å². The number of amides is 3. The fraction of sp³-hybridized carbons (Fsp3) is 0.308. The highest BCUT2D eigenvalue weighted by Crippen LogP contribution is 2.22. The van der Waals surface area contributed by atoms with Gasteiger partial charge in [0.1, 0.15) is 5.75 Å². The zero-order valence-corrected chi connectivity index (χ0v) is 12.6. The molecule has 7 nitrogen and oxygen atoms in total. The SMILES string of the molecule is COc1ccc(Cl)cc1C(=O)NNC(=O)C(=O)NC(C)C. The van der Waals surface area contributed by atoms with Gasteiger partial charge in [-0.15, -0.1) is 0 Å². The molecule has 114 valence electrons. The van der Waals surface area contributed by atoms with E-state index in [9.17, 15) is 14.4 Å². The molecule has 0 aliphatic carbocycles. The number of methoxy groups -OCH3 is 1. The van der Waals surface area contributed by atoms with Gasteiger partial charge in [0.15, 0.2) is 0 Å². The van der Waals surface area contributed by atoms with Crippen molar-refractivity contribution in [3.8, 4) is 5.75 Å². The van der Waals surface area contributed by atoms with Gasteiger partial charge in [0.25, 0.3) is 5.91 Å². The predicted molar refractivity (Wildman–Crippen MR) is 76.9 cm³/mol. The maximum Gasteiger partial charge on any atom is 0.327 e. The summed E-state index contributed by atoms with van der Waals surface area (Å²) < 4.78 is 5.02. The average molecular weight is 314 g/mol. The van der Waals surface area contributed by atoms with E-state index in [2.05, 4.69) is 10.7 Å². The lowest BCUT2D eigenvalue weighted by Gasteiger charge is -2.11. The molecule has 1 aromatic carbocycles. The topological polar surface area (TPSA) is 96.5 Å². The van der Waals surface area contributed by atoms with Gasteiger partial charge in [-0.2, -0.15) is 0 Å². The summed E-state index contributed by atoms with van der Waals surface area (Å²) in [7, 11) is 1.40. The van der Waals surface area contributed by atoms with Crippen LogP contribution in [-0.2, 0) is 9.59 Å². The summed E-state index contributed by atoms with van der Waals surface area (Å²) in [5.74, 6) is -2.18. The largest absolute Gasteiger partial charge is 0.496 e. The third kappa shape index (κ3) is 4.96. The second-order valence-corrected chi connectivity index (χ2v) is 4.82. The van der Waals surface area contributed by atoms with Gasteiger partial charge in [-0.3, -0.25) is 25.2 Å². The number of hydrogen-bond acceptors (Lipinski definition) is 4. The number of carbonyl (C=O) groups excluding carboxylic acids is 3. The molecule has 3 N–H and O–H groups in total. The Hall–Kier alpha value is -2.28. The molecule has 0 saturated heterocycles. The van der Waals surface area contributed by atoms with Crippen molar-refractivity contribution in [2.24, 2.45) is 0 Å². The minimum absolute atomic E-state index is 0.134. The van der Waals surface area contributed by atoms with Crippen LogP contribution in [0.5, 0.6) is 5.75 Å². The lowest BCUT2D eigenvalue weighted by atomic mass is 10.2. The quantitative estimate of drug-likeness (QED) is 0.563. The van der Waals surface area contributed by atoms with E-state index >= 15 is 0 Å². The fourth-order valence-corrected chi connectivity index (χ4v) is 1.60. The summed E-state index contributed by atoms with van der Waals surface area (Å²) in [6.45, 7) is 3.42. The zero-order chi connectivity index (χ0) is 16.0. The van der Waals surface area contributed by atoms with Crippen molar-refractivity contribution < 1.29 is 19.1 Å². The van der Waals surface area contributed by atoms with E-state index in [1.165, 1.54) is 19.2 Å². The van der Waals surface area contributed by atoms with Crippen molar-refractivity contribution >= 4 is 29.3 Å². The molecule has 0 saturated carbocycles. The van der Waals surface area contributed by atoms with Gasteiger partial charge >= 0.3 is 11.8 Å². The molecule has 0 aliphatic rings. The van der Waals surface area contributed by atoms with Crippen LogP contribution in [0.2, 0.25) is 5.02 Å². The smallest absolute Gasteiger partial charge is 0.327 e. The van der Waals surface area contributed by atoms with Gasteiger partial charge in [-0.1, -0.05) is 11.6 Å². The van der Waals surface area contributed by atoms with Crippen molar-refractivity contribution in [3.05, 3.63) is 28.8 Å². The number of carbonyl (C=O) groups is 3. The van der Waals surface area contributed by atoms with Gasteiger partial charge < -0.3 is 10.1 Å². The van der Waals surface area contributed by atoms with E-state index in [1.54, 1.807) is 19.9 Å². The van der Waals surface area contributed by atoms with Crippen LogP contribution >= 0.6 is 11.6 Å². The third-order valence-electron chi connectivity index (χ3n) is 2.32. The second kappa shape index (κ2) is 7.49. The monoisotopic (exact) mass is 313 g/mol. The first-order valence-electron chi connectivity index (χ1n) is 6.10. The maximum absolute atomic E-state index is 11.9. The van der Waals surface area contributed by atoms with E-state index in [-0.39, 0.29) is 17.4 Å². The van der Waals surface area contributed by atoms with E-state index < -0.39 is 17.7 Å². The Morgan fingerprint density at radius 1 is 1.14 bits per heavy atom. The highest BCUT2D eigenvalue weighted by molar-refractivity contribution is 6.35. The molecule has 0 atom stereocenters. The Labute approximate surface area is 127 Å². The Morgan fingerprint density at radius 2 is 1.81 bits per heavy atom. The molecule has 0 heterocycles. The molecule has 0 fully saturated rings. The van der Waals surface area contributed by atoms with Gasteiger partial charge in [-0.05, 0) is 32.0 Å². The summed E-state index contributed by atoms with van der Waals surface area (Å²) >= 11 is 5.80. The molecule has 0 aliphatic heterocycles. The Morgan fingerprint density at radius 3 is 2.38 bits per heavy atom. The molecule has 0 aromatic heterocycles. The molecule has 3 amide bonds. The summed E-state index contributed by atoms with van der Waals surface area (Å²) in [6.07, 6.45) is 0. The van der Waals surface area contributed by atoms with E-state index in [1.807, 2.05) is 5.43 Å². The molecule has 0 unspecified atom stereocenters. The number of halogens is 1. The Balaban J connectivity index is 2.68. The van der Waals surface area contributed by atoms with Crippen LogP contribution in [-0.4, -0.2) is 30.9 Å². The minimum Gasteiger partial charge on any atom is -0.496 e. The highest BCUT2D eigenvalue weighted by atomic mass is 35.5. The number of nitrogens with one attached hydrogen (secondary N) is 3. The van der Waals surface area contributed by atoms with Crippen LogP contribution in [0.4, 0.5) is 0 Å². The molecular weight excluding hydrogens is 298 g/mol. The van der Waals surface area contributed by atoms with Crippen molar-refractivity contribution in [1.29, 1.82) is 0 Å². The summed E-state index contributed by atoms with van der Waals surface area (Å²) in [4.78, 5) is 34.7. The molecule has 1 rings (SSSR count). The summed E-state index contributed by atoms with van der Waals surface area (Å²) in [5.41, 5.74) is 4.26. The number of hydrazine groups is 1. The molecule has 1 aromatic rings. The van der Waals surface area contributed by atoms with E-state index in [4.69, 9.17) is 16.3 Å². The molecule has 21 heavy (non-hydrogen) atoms. The summed E-state index contributed by atoms with van der Waals surface area (Å²) in [6, 6.07) is 4.28. The van der Waals surface area contributed by atoms with Crippen molar-refractivity contribution in [1.82, 2.24) is 16.2 Å². The predicted octanol–water partition coefficient (Wildman–Crippen LogP) is 0.634. The fourth-order valence-electron chi connectivity index (χ4n) is 1.42. The van der Waals surface area contributed by atoms with Gasteiger partial charge in [0, 0.05) is 11.1 Å². The van der Waals surface area contributed by atoms with Crippen molar-refractivity contribution in [2.45, 2.75) is 19.9 Å². The Kier molecular flexibility index (Phi) is 5.98. The van der Waals surface area contributed by atoms with Gasteiger partial charge in [0.2, 0.25) is 0 Å². The van der Waals surface area contributed by atoms with Crippen LogP contribution in [0.25, 0.3) is 0 Å². The maximum atomic E-state index is 11.9. The standard InChI is InChI=1S/C13H16ClN3O4/c1-7(2)15-12(19)13(20)17-16-11(18)9-6-8(14)4-5-10(9)21-3/h4-7H,1-3H3,(H,15,19)(H,16,18)(H,17,20). The highest BCUT2D eigenvalue weighted by Gasteiger charge is 2.17. The number of hydrogen-bond donors (Lipinski definition) is 3. The van der Waals surface area contributed by atoms with Gasteiger partial charge in [0.05, 0.1) is 12.7 Å². The molecule has 0 bridgehead atoms. The molecule has 0 spiro atoms. The Bertz CT molecular complexity index is 560. The normalized spacial score (nSPS) is 9.95. The van der Waals surface area contributed by atoms with Crippen LogP contribution in [0, 0.1) is 0 Å². The average Bonchev–Trinajstić information content (AvgIpc) is 2.43. The lowest BCUT2D eigenvalue weighted by molar-refractivity contribution is -0.139. The zero-order valence-electron chi connectivity index (χ0n) is 11.8.